The van der Waals surface area contributed by atoms with Gasteiger partial charge in [0.05, 0.1) is 19.8 Å². The average molecular weight is 262 g/mol. The van der Waals surface area contributed by atoms with E-state index >= 15 is 0 Å². The number of aromatic nitrogens is 2. The number of hydrogen-bond donors (Lipinski definition) is 2. The van der Waals surface area contributed by atoms with Crippen molar-refractivity contribution < 1.29 is 14.6 Å². The second kappa shape index (κ2) is 8.19. The number of anilines is 1. The predicted molar refractivity (Wildman–Crippen MR) is 64.1 cm³/mol. The minimum Gasteiger partial charge on any atom is -0.394 e. The lowest BCUT2D eigenvalue weighted by atomic mass is 10.5. The van der Waals surface area contributed by atoms with Gasteiger partial charge in [0.2, 0.25) is 0 Å². The molecule has 0 aliphatic heterocycles. The molecule has 0 saturated heterocycles. The van der Waals surface area contributed by atoms with Crippen LogP contribution in [-0.2, 0) is 16.1 Å². The number of rotatable bonds is 8. The van der Waals surface area contributed by atoms with Crippen LogP contribution >= 0.6 is 11.6 Å². The molecule has 7 heteroatoms. The first-order valence-corrected chi connectivity index (χ1v) is 5.59. The van der Waals surface area contributed by atoms with E-state index in [0.29, 0.717) is 43.2 Å². The van der Waals surface area contributed by atoms with E-state index in [0.717, 1.165) is 0 Å². The molecule has 96 valence electrons. The summed E-state index contributed by atoms with van der Waals surface area (Å²) in [5, 5.41) is 11.9. The van der Waals surface area contributed by atoms with Crippen LogP contribution in [0.1, 0.15) is 5.82 Å². The van der Waals surface area contributed by atoms with E-state index in [4.69, 9.17) is 26.2 Å². The summed E-state index contributed by atoms with van der Waals surface area (Å²) in [7, 11) is 1.57. The van der Waals surface area contributed by atoms with Gasteiger partial charge in [-0.2, -0.15) is 0 Å². The van der Waals surface area contributed by atoms with Crippen LogP contribution in [0, 0.1) is 0 Å². The Morgan fingerprint density at radius 1 is 1.41 bits per heavy atom. The molecule has 1 rings (SSSR count). The number of aliphatic hydroxyl groups is 1. The Balaban J connectivity index is 2.41. The zero-order chi connectivity index (χ0) is 12.5. The van der Waals surface area contributed by atoms with Gasteiger partial charge in [-0.3, -0.25) is 0 Å². The molecule has 2 N–H and O–H groups in total. The standard InChI is InChI=1S/C10H16ClN3O3/c1-16-7-10-13-8(11)6-9(14-10)12-2-4-17-5-3-15/h6,15H,2-5,7H2,1H3,(H,12,13,14). The van der Waals surface area contributed by atoms with Gasteiger partial charge in [-0.05, 0) is 0 Å². The molecule has 0 fully saturated rings. The molecular formula is C10H16ClN3O3. The first-order chi connectivity index (χ1) is 8.26. The van der Waals surface area contributed by atoms with E-state index in [-0.39, 0.29) is 6.61 Å². The fourth-order valence-corrected chi connectivity index (χ4v) is 1.37. The van der Waals surface area contributed by atoms with Gasteiger partial charge in [-0.15, -0.1) is 0 Å². The van der Waals surface area contributed by atoms with E-state index < -0.39 is 0 Å². The van der Waals surface area contributed by atoms with Gasteiger partial charge in [-0.1, -0.05) is 11.6 Å². The Morgan fingerprint density at radius 2 is 2.24 bits per heavy atom. The molecule has 0 unspecified atom stereocenters. The highest BCUT2D eigenvalue weighted by molar-refractivity contribution is 6.29. The number of aliphatic hydroxyl groups excluding tert-OH is 1. The molecule has 0 radical (unpaired) electrons. The summed E-state index contributed by atoms with van der Waals surface area (Å²) in [6, 6.07) is 1.63. The highest BCUT2D eigenvalue weighted by Crippen LogP contribution is 2.11. The minimum atomic E-state index is 0.0251. The molecule has 17 heavy (non-hydrogen) atoms. The maximum Gasteiger partial charge on any atom is 0.158 e. The predicted octanol–water partition coefficient (Wildman–Crippen LogP) is 0.697. The first-order valence-electron chi connectivity index (χ1n) is 5.21. The molecule has 0 aliphatic rings. The Morgan fingerprint density at radius 3 is 2.94 bits per heavy atom. The molecule has 0 aliphatic carbocycles. The minimum absolute atomic E-state index is 0.0251. The highest BCUT2D eigenvalue weighted by atomic mass is 35.5. The van der Waals surface area contributed by atoms with E-state index in [1.807, 2.05) is 0 Å². The van der Waals surface area contributed by atoms with Gasteiger partial charge in [0.1, 0.15) is 17.6 Å². The highest BCUT2D eigenvalue weighted by Gasteiger charge is 2.02. The number of halogens is 1. The SMILES string of the molecule is COCc1nc(Cl)cc(NCCOCCO)n1. The van der Waals surface area contributed by atoms with Gasteiger partial charge in [0.15, 0.2) is 5.82 Å². The summed E-state index contributed by atoms with van der Waals surface area (Å²) in [6.45, 7) is 1.75. The summed E-state index contributed by atoms with van der Waals surface area (Å²) in [4.78, 5) is 8.21. The van der Waals surface area contributed by atoms with Crippen molar-refractivity contribution in [1.82, 2.24) is 9.97 Å². The van der Waals surface area contributed by atoms with Crippen molar-refractivity contribution in [3.63, 3.8) is 0 Å². The number of nitrogens with zero attached hydrogens (tertiary/aromatic N) is 2. The Bertz CT molecular complexity index is 339. The zero-order valence-electron chi connectivity index (χ0n) is 9.65. The Hall–Kier alpha value is -0.950. The lowest BCUT2D eigenvalue weighted by Gasteiger charge is -2.07. The third kappa shape index (κ3) is 5.78. The topological polar surface area (TPSA) is 76.5 Å². The summed E-state index contributed by atoms with van der Waals surface area (Å²) in [5.74, 6) is 1.16. The maximum absolute atomic E-state index is 8.52. The van der Waals surface area contributed by atoms with Crippen molar-refractivity contribution in [3.8, 4) is 0 Å². The molecule has 1 heterocycles. The second-order valence-corrected chi connectivity index (χ2v) is 3.58. The van der Waals surface area contributed by atoms with Crippen LogP contribution in [-0.4, -0.2) is 48.5 Å². The zero-order valence-corrected chi connectivity index (χ0v) is 10.4. The van der Waals surface area contributed by atoms with Crippen LogP contribution in [0.2, 0.25) is 5.15 Å². The molecule has 0 spiro atoms. The number of methoxy groups -OCH3 is 1. The van der Waals surface area contributed by atoms with Crippen LogP contribution in [0.5, 0.6) is 0 Å². The quantitative estimate of drug-likeness (QED) is 0.530. The van der Waals surface area contributed by atoms with E-state index in [2.05, 4.69) is 15.3 Å². The maximum atomic E-state index is 8.52. The van der Waals surface area contributed by atoms with Crippen LogP contribution in [0.15, 0.2) is 6.07 Å². The smallest absolute Gasteiger partial charge is 0.158 e. The van der Waals surface area contributed by atoms with Gasteiger partial charge < -0.3 is 19.9 Å². The molecule has 0 bridgehead atoms. The van der Waals surface area contributed by atoms with Crippen molar-refractivity contribution in [2.45, 2.75) is 6.61 Å². The summed E-state index contributed by atoms with van der Waals surface area (Å²) in [6.07, 6.45) is 0. The van der Waals surface area contributed by atoms with Crippen LogP contribution < -0.4 is 5.32 Å². The van der Waals surface area contributed by atoms with Crippen molar-refractivity contribution in [3.05, 3.63) is 17.0 Å². The van der Waals surface area contributed by atoms with Crippen molar-refractivity contribution >= 4 is 17.4 Å². The Kier molecular flexibility index (Phi) is 6.80. The number of hydrogen-bond acceptors (Lipinski definition) is 6. The average Bonchev–Trinajstić information content (AvgIpc) is 2.28. The van der Waals surface area contributed by atoms with E-state index in [1.54, 1.807) is 13.2 Å². The molecular weight excluding hydrogens is 246 g/mol. The van der Waals surface area contributed by atoms with Crippen molar-refractivity contribution in [1.29, 1.82) is 0 Å². The van der Waals surface area contributed by atoms with Gasteiger partial charge in [0.25, 0.3) is 0 Å². The number of ether oxygens (including phenoxy) is 2. The second-order valence-electron chi connectivity index (χ2n) is 3.19. The third-order valence-electron chi connectivity index (χ3n) is 1.80. The summed E-state index contributed by atoms with van der Waals surface area (Å²) < 4.78 is 10.0. The first kappa shape index (κ1) is 14.1. The van der Waals surface area contributed by atoms with Crippen molar-refractivity contribution in [2.24, 2.45) is 0 Å². The fraction of sp³-hybridized carbons (Fsp3) is 0.600. The monoisotopic (exact) mass is 261 g/mol. The molecule has 0 amide bonds. The van der Waals surface area contributed by atoms with Crippen molar-refractivity contribution in [2.75, 3.05) is 38.8 Å². The van der Waals surface area contributed by atoms with Crippen LogP contribution in [0.4, 0.5) is 5.82 Å². The molecule has 0 atom stereocenters. The molecule has 6 nitrogen and oxygen atoms in total. The fourth-order valence-electron chi connectivity index (χ4n) is 1.17. The normalized spacial score (nSPS) is 10.5. The molecule has 0 saturated carbocycles. The lowest BCUT2D eigenvalue weighted by molar-refractivity contribution is 0.0992. The van der Waals surface area contributed by atoms with Gasteiger partial charge in [0, 0.05) is 19.7 Å². The summed E-state index contributed by atoms with van der Waals surface area (Å²) >= 11 is 5.84. The largest absolute Gasteiger partial charge is 0.394 e. The van der Waals surface area contributed by atoms with Crippen LogP contribution in [0.25, 0.3) is 0 Å². The van der Waals surface area contributed by atoms with E-state index in [9.17, 15) is 0 Å². The Labute approximate surface area is 105 Å². The molecule has 1 aromatic rings. The summed E-state index contributed by atoms with van der Waals surface area (Å²) in [5.41, 5.74) is 0. The molecule has 0 aromatic carbocycles. The van der Waals surface area contributed by atoms with Crippen LogP contribution in [0.3, 0.4) is 0 Å². The third-order valence-corrected chi connectivity index (χ3v) is 2.00. The molecule has 1 aromatic heterocycles. The van der Waals surface area contributed by atoms with E-state index in [1.165, 1.54) is 0 Å². The van der Waals surface area contributed by atoms with Gasteiger partial charge in [-0.25, -0.2) is 9.97 Å². The number of nitrogens with one attached hydrogen (secondary N) is 1. The van der Waals surface area contributed by atoms with Gasteiger partial charge >= 0.3 is 0 Å². The lowest BCUT2D eigenvalue weighted by Crippen LogP contribution is -2.13.